The van der Waals surface area contributed by atoms with Crippen molar-refractivity contribution in [3.63, 3.8) is 0 Å². The van der Waals surface area contributed by atoms with Gasteiger partial charge in [-0.2, -0.15) is 0 Å². The molecule has 1 aliphatic carbocycles. The molecule has 0 unspecified atom stereocenters. The molecule has 0 saturated carbocycles. The Balaban J connectivity index is 2.20. The zero-order chi connectivity index (χ0) is 12.6. The van der Waals surface area contributed by atoms with E-state index in [2.05, 4.69) is 55.2 Å². The number of fused-ring (bicyclic) bond motifs is 1. The van der Waals surface area contributed by atoms with Crippen LogP contribution >= 0.6 is 0 Å². The Morgan fingerprint density at radius 2 is 1.78 bits per heavy atom. The van der Waals surface area contributed by atoms with E-state index in [0.717, 1.165) is 12.1 Å². The first-order valence-corrected chi connectivity index (χ1v) is 6.38. The molecule has 0 aliphatic heterocycles. The fraction of sp³-hybridized carbons (Fsp3) is 0.235. The van der Waals surface area contributed by atoms with E-state index in [9.17, 15) is 0 Å². The summed E-state index contributed by atoms with van der Waals surface area (Å²) in [4.78, 5) is 4.50. The van der Waals surface area contributed by atoms with Gasteiger partial charge in [-0.3, -0.25) is 4.98 Å². The molecular weight excluding hydrogens is 218 g/mol. The third-order valence-electron chi connectivity index (χ3n) is 3.43. The van der Waals surface area contributed by atoms with E-state index < -0.39 is 0 Å². The Morgan fingerprint density at radius 1 is 1.00 bits per heavy atom. The van der Waals surface area contributed by atoms with Crippen LogP contribution in [0.15, 0.2) is 54.7 Å². The summed E-state index contributed by atoms with van der Waals surface area (Å²) in [7, 11) is 0. The predicted octanol–water partition coefficient (Wildman–Crippen LogP) is 4.10. The van der Waals surface area contributed by atoms with Gasteiger partial charge in [0.25, 0.3) is 0 Å². The first kappa shape index (κ1) is 11.2. The topological polar surface area (TPSA) is 12.9 Å². The fourth-order valence-electron chi connectivity index (χ4n) is 2.68. The minimum absolute atomic E-state index is 0.196. The van der Waals surface area contributed by atoms with Crippen molar-refractivity contribution in [3.8, 4) is 0 Å². The van der Waals surface area contributed by atoms with Crippen LogP contribution in [0.5, 0.6) is 0 Å². The number of allylic oxidation sites excluding steroid dienone is 1. The minimum Gasteiger partial charge on any atom is -0.256 e. The molecule has 1 heterocycles. The van der Waals surface area contributed by atoms with Crippen LogP contribution < -0.4 is 0 Å². The van der Waals surface area contributed by atoms with Crippen molar-refractivity contribution >= 4 is 5.57 Å². The molecule has 18 heavy (non-hydrogen) atoms. The molecule has 1 aromatic carbocycles. The van der Waals surface area contributed by atoms with Gasteiger partial charge in [-0.05, 0) is 35.1 Å². The van der Waals surface area contributed by atoms with Crippen LogP contribution in [0.3, 0.4) is 0 Å². The number of nitrogens with zero attached hydrogens (tertiary/aromatic N) is 1. The van der Waals surface area contributed by atoms with Crippen LogP contribution in [0.25, 0.3) is 5.57 Å². The SMILES string of the molecule is CC1(C)C=C(c2ccccn2)c2ccccc2C1. The molecule has 0 atom stereocenters. The van der Waals surface area contributed by atoms with Gasteiger partial charge in [0.2, 0.25) is 0 Å². The second-order valence-electron chi connectivity index (χ2n) is 5.60. The number of hydrogen-bond acceptors (Lipinski definition) is 1. The Morgan fingerprint density at radius 3 is 2.56 bits per heavy atom. The van der Waals surface area contributed by atoms with Crippen molar-refractivity contribution in [1.29, 1.82) is 0 Å². The highest BCUT2D eigenvalue weighted by Gasteiger charge is 2.25. The average molecular weight is 235 g/mol. The molecule has 3 rings (SSSR count). The normalized spacial score (nSPS) is 16.9. The Hall–Kier alpha value is -1.89. The van der Waals surface area contributed by atoms with Crippen molar-refractivity contribution in [3.05, 3.63) is 71.6 Å². The Bertz CT molecular complexity index is 594. The van der Waals surface area contributed by atoms with E-state index in [1.165, 1.54) is 16.7 Å². The number of hydrogen-bond donors (Lipinski definition) is 0. The molecular formula is C17H17N. The van der Waals surface area contributed by atoms with Gasteiger partial charge >= 0.3 is 0 Å². The lowest BCUT2D eigenvalue weighted by molar-refractivity contribution is 0.473. The molecule has 0 fully saturated rings. The fourth-order valence-corrected chi connectivity index (χ4v) is 2.68. The van der Waals surface area contributed by atoms with E-state index in [0.29, 0.717) is 0 Å². The summed E-state index contributed by atoms with van der Waals surface area (Å²) < 4.78 is 0. The maximum Gasteiger partial charge on any atom is 0.0705 e. The van der Waals surface area contributed by atoms with E-state index in [-0.39, 0.29) is 5.41 Å². The summed E-state index contributed by atoms with van der Waals surface area (Å²) in [5.41, 5.74) is 5.28. The standard InChI is InChI=1S/C17H17N/c1-17(2)11-13-7-3-4-8-14(13)15(12-17)16-9-5-6-10-18-16/h3-10,12H,11H2,1-2H3. The molecule has 0 saturated heterocycles. The van der Waals surface area contributed by atoms with Gasteiger partial charge in [-0.15, -0.1) is 0 Å². The molecule has 0 amide bonds. The van der Waals surface area contributed by atoms with Crippen LogP contribution in [-0.2, 0) is 6.42 Å². The van der Waals surface area contributed by atoms with Gasteiger partial charge in [-0.1, -0.05) is 50.3 Å². The van der Waals surface area contributed by atoms with Gasteiger partial charge in [0.05, 0.1) is 5.69 Å². The van der Waals surface area contributed by atoms with Crippen molar-refractivity contribution in [2.45, 2.75) is 20.3 Å². The molecule has 1 heteroatoms. The summed E-state index contributed by atoms with van der Waals surface area (Å²) in [6.07, 6.45) is 5.32. The molecule has 0 N–H and O–H groups in total. The monoisotopic (exact) mass is 235 g/mol. The predicted molar refractivity (Wildman–Crippen MR) is 75.2 cm³/mol. The van der Waals surface area contributed by atoms with Crippen molar-refractivity contribution in [1.82, 2.24) is 4.98 Å². The minimum atomic E-state index is 0.196. The average Bonchev–Trinajstić information content (AvgIpc) is 2.38. The van der Waals surface area contributed by atoms with Crippen LogP contribution in [0.1, 0.15) is 30.7 Å². The lowest BCUT2D eigenvalue weighted by Gasteiger charge is -2.29. The molecule has 1 aliphatic rings. The summed E-state index contributed by atoms with van der Waals surface area (Å²) in [6.45, 7) is 4.57. The van der Waals surface area contributed by atoms with Gasteiger partial charge in [-0.25, -0.2) is 0 Å². The van der Waals surface area contributed by atoms with Crippen molar-refractivity contribution in [2.75, 3.05) is 0 Å². The van der Waals surface area contributed by atoms with Crippen LogP contribution in [-0.4, -0.2) is 4.98 Å². The number of rotatable bonds is 1. The highest BCUT2D eigenvalue weighted by molar-refractivity contribution is 5.81. The Labute approximate surface area is 108 Å². The van der Waals surface area contributed by atoms with Gasteiger partial charge in [0.15, 0.2) is 0 Å². The van der Waals surface area contributed by atoms with Crippen molar-refractivity contribution in [2.24, 2.45) is 5.41 Å². The smallest absolute Gasteiger partial charge is 0.0705 e. The van der Waals surface area contributed by atoms with Gasteiger partial charge in [0, 0.05) is 11.8 Å². The summed E-state index contributed by atoms with van der Waals surface area (Å²) in [5.74, 6) is 0. The lowest BCUT2D eigenvalue weighted by Crippen LogP contribution is -2.18. The van der Waals surface area contributed by atoms with Gasteiger partial charge < -0.3 is 0 Å². The lowest BCUT2D eigenvalue weighted by atomic mass is 9.75. The molecule has 1 nitrogen and oxygen atoms in total. The van der Waals surface area contributed by atoms with Crippen LogP contribution in [0.2, 0.25) is 0 Å². The molecule has 0 spiro atoms. The molecule has 0 bridgehead atoms. The zero-order valence-electron chi connectivity index (χ0n) is 10.9. The number of aromatic nitrogens is 1. The third kappa shape index (κ3) is 1.97. The quantitative estimate of drug-likeness (QED) is 0.725. The first-order valence-electron chi connectivity index (χ1n) is 6.38. The molecule has 90 valence electrons. The molecule has 0 radical (unpaired) electrons. The second kappa shape index (κ2) is 4.09. The highest BCUT2D eigenvalue weighted by Crippen LogP contribution is 2.38. The zero-order valence-corrected chi connectivity index (χ0v) is 10.9. The van der Waals surface area contributed by atoms with Crippen molar-refractivity contribution < 1.29 is 0 Å². The summed E-state index contributed by atoms with van der Waals surface area (Å²) in [6, 6.07) is 14.8. The Kier molecular flexibility index (Phi) is 2.55. The second-order valence-corrected chi connectivity index (χ2v) is 5.60. The summed E-state index contributed by atoms with van der Waals surface area (Å²) in [5, 5.41) is 0. The van der Waals surface area contributed by atoms with E-state index in [1.54, 1.807) is 0 Å². The molecule has 2 aromatic rings. The van der Waals surface area contributed by atoms with Crippen LogP contribution in [0.4, 0.5) is 0 Å². The maximum absolute atomic E-state index is 4.50. The van der Waals surface area contributed by atoms with E-state index in [4.69, 9.17) is 0 Å². The third-order valence-corrected chi connectivity index (χ3v) is 3.43. The van der Waals surface area contributed by atoms with E-state index in [1.807, 2.05) is 18.3 Å². The van der Waals surface area contributed by atoms with E-state index >= 15 is 0 Å². The van der Waals surface area contributed by atoms with Crippen LogP contribution in [0, 0.1) is 5.41 Å². The number of benzene rings is 1. The largest absolute Gasteiger partial charge is 0.256 e. The number of pyridine rings is 1. The maximum atomic E-state index is 4.50. The van der Waals surface area contributed by atoms with Gasteiger partial charge in [0.1, 0.15) is 0 Å². The first-order chi connectivity index (χ1) is 8.66. The highest BCUT2D eigenvalue weighted by atomic mass is 14.7. The summed E-state index contributed by atoms with van der Waals surface area (Å²) >= 11 is 0. The molecule has 1 aromatic heterocycles.